The number of carbonyl (C=O) groups is 3. The first-order valence-electron chi connectivity index (χ1n) is 10.8. The number of hydrogen-bond donors (Lipinski definition) is 3. The van der Waals surface area contributed by atoms with Crippen molar-refractivity contribution in [3.8, 4) is 5.75 Å². The quantitative estimate of drug-likeness (QED) is 0.308. The number of amides is 1. The van der Waals surface area contributed by atoms with Gasteiger partial charge >= 0.3 is 0 Å². The number of hydrogen-bond acceptors (Lipinski definition) is 9. The van der Waals surface area contributed by atoms with Crippen molar-refractivity contribution in [3.63, 3.8) is 0 Å². The van der Waals surface area contributed by atoms with Crippen LogP contribution in [0.5, 0.6) is 5.75 Å². The molecule has 0 aliphatic rings. The maximum Gasteiger partial charge on any atom is 0.267 e. The maximum atomic E-state index is 13.4. The molecule has 192 valence electrons. The second kappa shape index (κ2) is 10.4. The molecule has 0 fully saturated rings. The van der Waals surface area contributed by atoms with E-state index in [0.717, 1.165) is 11.3 Å². The molecule has 0 aliphatic heterocycles. The van der Waals surface area contributed by atoms with Gasteiger partial charge in [0.25, 0.3) is 21.8 Å². The number of aromatic nitrogens is 1. The lowest BCUT2D eigenvalue weighted by Crippen LogP contribution is -2.20. The summed E-state index contributed by atoms with van der Waals surface area (Å²) in [4.78, 5) is 37.8. The van der Waals surface area contributed by atoms with E-state index in [2.05, 4.69) is 15.2 Å². The van der Waals surface area contributed by atoms with Crippen LogP contribution in [0.15, 0.2) is 21.6 Å². The zero-order chi connectivity index (χ0) is 26.9. The molecule has 3 rings (SSSR count). The molecule has 0 saturated carbocycles. The Balaban J connectivity index is 2.10. The molecule has 3 aromatic rings. The third-order valence-electron chi connectivity index (χ3n) is 5.23. The van der Waals surface area contributed by atoms with E-state index in [1.807, 2.05) is 6.92 Å². The van der Waals surface area contributed by atoms with Crippen molar-refractivity contribution in [3.05, 3.63) is 49.3 Å². The van der Waals surface area contributed by atoms with Crippen molar-refractivity contribution in [2.24, 2.45) is 0 Å². The smallest absolute Gasteiger partial charge is 0.267 e. The number of nitrogens with zero attached hydrogens (tertiary/aromatic N) is 1. The number of ketones is 2. The number of anilines is 2. The lowest BCUT2D eigenvalue weighted by molar-refractivity contribution is 0.101. The molecule has 2 heterocycles. The number of aromatic hydroxyl groups is 1. The van der Waals surface area contributed by atoms with Crippen molar-refractivity contribution in [2.45, 2.75) is 52.4 Å². The number of phenolic OH excluding ortho intramolecular Hbond substituents is 1. The van der Waals surface area contributed by atoms with Gasteiger partial charge in [-0.3, -0.25) is 14.4 Å². The molecule has 0 unspecified atom stereocenters. The van der Waals surface area contributed by atoms with E-state index in [0.29, 0.717) is 11.3 Å². The number of benzene rings is 1. The summed E-state index contributed by atoms with van der Waals surface area (Å²) >= 11 is 6.94. The third kappa shape index (κ3) is 5.30. The Morgan fingerprint density at radius 1 is 1.14 bits per heavy atom. The first-order valence-corrected chi connectivity index (χ1v) is 13.4. The SMILES string of the molecule is CCCc1c(O)c(C(C)=O)cc(C(C)=O)c1NC(=O)c1sc(C)cc1S(=O)(=O)Nc1onc(C)c1Cl. The summed E-state index contributed by atoms with van der Waals surface area (Å²) in [6.45, 7) is 7.51. The van der Waals surface area contributed by atoms with Crippen LogP contribution >= 0.6 is 22.9 Å². The van der Waals surface area contributed by atoms with Crippen molar-refractivity contribution in [2.75, 3.05) is 10.0 Å². The molecule has 3 N–H and O–H groups in total. The summed E-state index contributed by atoms with van der Waals surface area (Å²) in [5, 5.41) is 16.9. The van der Waals surface area contributed by atoms with E-state index in [-0.39, 0.29) is 60.9 Å². The highest BCUT2D eigenvalue weighted by Crippen LogP contribution is 2.37. The molecule has 1 aromatic carbocycles. The van der Waals surface area contributed by atoms with E-state index in [4.69, 9.17) is 16.1 Å². The lowest BCUT2D eigenvalue weighted by atomic mass is 9.94. The normalized spacial score (nSPS) is 11.4. The maximum absolute atomic E-state index is 13.4. The van der Waals surface area contributed by atoms with E-state index in [9.17, 15) is 27.9 Å². The Morgan fingerprint density at radius 2 is 1.78 bits per heavy atom. The highest BCUT2D eigenvalue weighted by molar-refractivity contribution is 7.93. The first kappa shape index (κ1) is 27.4. The van der Waals surface area contributed by atoms with Gasteiger partial charge in [0.05, 0.1) is 11.3 Å². The fourth-order valence-electron chi connectivity index (χ4n) is 3.53. The molecule has 2 aromatic heterocycles. The monoisotopic (exact) mass is 553 g/mol. The number of Topliss-reactive ketones (excluding diaryl/α,β-unsaturated/α-hetero) is 2. The summed E-state index contributed by atoms with van der Waals surface area (Å²) in [6.07, 6.45) is 0.788. The van der Waals surface area contributed by atoms with Gasteiger partial charge < -0.3 is 14.9 Å². The summed E-state index contributed by atoms with van der Waals surface area (Å²) in [6, 6.07) is 2.54. The van der Waals surface area contributed by atoms with Gasteiger partial charge in [-0.15, -0.1) is 11.3 Å². The minimum absolute atomic E-state index is 0.0205. The van der Waals surface area contributed by atoms with Gasteiger partial charge in [-0.2, -0.15) is 0 Å². The second-order valence-electron chi connectivity index (χ2n) is 8.06. The summed E-state index contributed by atoms with van der Waals surface area (Å²) < 4.78 is 33.3. The lowest BCUT2D eigenvalue weighted by Gasteiger charge is -2.18. The van der Waals surface area contributed by atoms with Crippen LogP contribution in [0.25, 0.3) is 0 Å². The van der Waals surface area contributed by atoms with E-state index >= 15 is 0 Å². The van der Waals surface area contributed by atoms with Crippen LogP contribution in [0.4, 0.5) is 11.6 Å². The number of rotatable bonds is 9. The van der Waals surface area contributed by atoms with Crippen molar-refractivity contribution >= 4 is 62.0 Å². The van der Waals surface area contributed by atoms with E-state index in [1.54, 1.807) is 6.92 Å². The van der Waals surface area contributed by atoms with Crippen LogP contribution in [0, 0.1) is 13.8 Å². The number of sulfonamides is 1. The highest BCUT2D eigenvalue weighted by atomic mass is 35.5. The number of nitrogens with one attached hydrogen (secondary N) is 2. The Labute approximate surface area is 216 Å². The minimum atomic E-state index is -4.32. The topological polar surface area (TPSA) is 156 Å². The predicted octanol–water partition coefficient (Wildman–Crippen LogP) is 5.12. The third-order valence-corrected chi connectivity index (χ3v) is 8.21. The average Bonchev–Trinajstić information content (AvgIpc) is 3.33. The first-order chi connectivity index (χ1) is 16.8. The molecular formula is C23H24ClN3O7S2. The molecular weight excluding hydrogens is 530 g/mol. The fraction of sp³-hybridized carbons (Fsp3) is 0.304. The number of aryl methyl sites for hydroxylation is 2. The standard InChI is InChI=1S/C23H24ClN3O7S2/c1-6-7-14-19(15(12(4)28)9-16(13(5)29)20(14)30)25-22(31)21-17(8-10(2)35-21)36(32,33)27-23-18(24)11(3)26-34-23/h8-9,27,30H,6-7H2,1-5H3,(H,25,31). The highest BCUT2D eigenvalue weighted by Gasteiger charge is 2.30. The zero-order valence-electron chi connectivity index (χ0n) is 20.1. The van der Waals surface area contributed by atoms with Gasteiger partial charge in [-0.1, -0.05) is 30.1 Å². The summed E-state index contributed by atoms with van der Waals surface area (Å²) in [5.41, 5.74) is 0.495. The number of phenols is 1. The Morgan fingerprint density at radius 3 is 2.31 bits per heavy atom. The van der Waals surface area contributed by atoms with Crippen LogP contribution in [0.3, 0.4) is 0 Å². The van der Waals surface area contributed by atoms with Gasteiger partial charge in [-0.05, 0) is 46.2 Å². The molecule has 0 spiro atoms. The van der Waals surface area contributed by atoms with Crippen LogP contribution in [-0.4, -0.2) is 36.2 Å². The van der Waals surface area contributed by atoms with Crippen molar-refractivity contribution < 1.29 is 32.4 Å². The Kier molecular flexibility index (Phi) is 7.91. The van der Waals surface area contributed by atoms with Crippen LogP contribution in [0.2, 0.25) is 5.02 Å². The molecule has 10 nitrogen and oxygen atoms in total. The molecule has 0 atom stereocenters. The Hall–Kier alpha value is -3.22. The van der Waals surface area contributed by atoms with Gasteiger partial charge in [0.15, 0.2) is 11.6 Å². The van der Waals surface area contributed by atoms with E-state index < -0.39 is 27.5 Å². The number of halogens is 1. The van der Waals surface area contributed by atoms with Crippen LogP contribution < -0.4 is 10.0 Å². The molecule has 36 heavy (non-hydrogen) atoms. The molecule has 0 bridgehead atoms. The summed E-state index contributed by atoms with van der Waals surface area (Å²) in [7, 11) is -4.32. The summed E-state index contributed by atoms with van der Waals surface area (Å²) in [5.74, 6) is -2.34. The molecule has 1 amide bonds. The van der Waals surface area contributed by atoms with Crippen LogP contribution in [0.1, 0.15) is 73.7 Å². The van der Waals surface area contributed by atoms with Crippen LogP contribution in [-0.2, 0) is 16.4 Å². The van der Waals surface area contributed by atoms with Gasteiger partial charge in [0.2, 0.25) is 0 Å². The van der Waals surface area contributed by atoms with Gasteiger partial charge in [0.1, 0.15) is 26.2 Å². The molecule has 0 saturated heterocycles. The fourth-order valence-corrected chi connectivity index (χ4v) is 6.19. The Bertz CT molecular complexity index is 1490. The number of thiophene rings is 1. The zero-order valence-corrected chi connectivity index (χ0v) is 22.5. The van der Waals surface area contributed by atoms with Crippen molar-refractivity contribution in [1.82, 2.24) is 5.16 Å². The second-order valence-corrected chi connectivity index (χ2v) is 11.3. The average molecular weight is 554 g/mol. The van der Waals surface area contributed by atoms with Crippen molar-refractivity contribution in [1.29, 1.82) is 0 Å². The molecule has 0 aliphatic carbocycles. The molecule has 13 heteroatoms. The van der Waals surface area contributed by atoms with Gasteiger partial charge in [-0.25, -0.2) is 13.1 Å². The predicted molar refractivity (Wildman–Crippen MR) is 136 cm³/mol. The number of carbonyl (C=O) groups excluding carboxylic acids is 3. The largest absolute Gasteiger partial charge is 0.507 e. The molecule has 0 radical (unpaired) electrons. The minimum Gasteiger partial charge on any atom is -0.507 e. The van der Waals surface area contributed by atoms with E-state index in [1.165, 1.54) is 32.9 Å². The van der Waals surface area contributed by atoms with Gasteiger partial charge in [0, 0.05) is 16.0 Å².